The average molecular weight is 307 g/mol. The number of rotatable bonds is 3. The topological polar surface area (TPSA) is 38.0 Å². The molecule has 1 unspecified atom stereocenters. The number of hydrogen-bond acceptors (Lipinski definition) is 3. The third-order valence-corrected chi connectivity index (χ3v) is 5.71. The molecule has 1 heterocycles. The first-order valence-corrected chi connectivity index (χ1v) is 8.22. The maximum absolute atomic E-state index is 6.24. The predicted octanol–water partition coefficient (Wildman–Crippen LogP) is 4.14. The normalized spacial score (nSPS) is 15.9. The molecule has 0 saturated heterocycles. The second-order valence-corrected chi connectivity index (χ2v) is 6.99. The lowest BCUT2D eigenvalue weighted by Gasteiger charge is -2.15. The summed E-state index contributed by atoms with van der Waals surface area (Å²) in [6.07, 6.45) is 5.04. The molecule has 4 heteroatoms. The number of hydrazine groups is 1. The Balaban J connectivity index is 1.96. The molecule has 1 aromatic carbocycles. The monoisotopic (exact) mass is 306 g/mol. The average Bonchev–Trinajstić information content (AvgIpc) is 2.87. The molecule has 0 fully saturated rings. The lowest BCUT2D eigenvalue weighted by Crippen LogP contribution is -2.28. The standard InChI is InChI=1S/C16H19ClN2S/c1-10-6-7-12(8-13(10)17)16(19-18)15-9-11-4-2-3-5-14(11)20-15/h6-9,16,19H,2-5,18H2,1H3. The number of thiophene rings is 1. The zero-order valence-electron chi connectivity index (χ0n) is 11.6. The van der Waals surface area contributed by atoms with Crippen LogP contribution in [0.15, 0.2) is 24.3 Å². The van der Waals surface area contributed by atoms with Gasteiger partial charge in [0.05, 0.1) is 6.04 Å². The van der Waals surface area contributed by atoms with Crippen molar-refractivity contribution >= 4 is 22.9 Å². The smallest absolute Gasteiger partial charge is 0.0803 e. The summed E-state index contributed by atoms with van der Waals surface area (Å²) in [5.41, 5.74) is 6.67. The van der Waals surface area contributed by atoms with Crippen molar-refractivity contribution < 1.29 is 0 Å². The van der Waals surface area contributed by atoms with Gasteiger partial charge in [0.25, 0.3) is 0 Å². The Morgan fingerprint density at radius 1 is 1.25 bits per heavy atom. The van der Waals surface area contributed by atoms with Crippen molar-refractivity contribution in [2.24, 2.45) is 5.84 Å². The first-order valence-electron chi connectivity index (χ1n) is 7.02. The summed E-state index contributed by atoms with van der Waals surface area (Å²) in [6, 6.07) is 8.51. The van der Waals surface area contributed by atoms with Gasteiger partial charge in [-0.2, -0.15) is 0 Å². The number of hydrogen-bond donors (Lipinski definition) is 2. The summed E-state index contributed by atoms with van der Waals surface area (Å²) in [4.78, 5) is 2.82. The van der Waals surface area contributed by atoms with Gasteiger partial charge in [0, 0.05) is 14.8 Å². The molecule has 0 saturated carbocycles. The first-order chi connectivity index (χ1) is 9.69. The Kier molecular flexibility index (Phi) is 4.13. The van der Waals surface area contributed by atoms with Gasteiger partial charge in [0.2, 0.25) is 0 Å². The van der Waals surface area contributed by atoms with Crippen LogP contribution in [0.4, 0.5) is 0 Å². The maximum Gasteiger partial charge on any atom is 0.0803 e. The van der Waals surface area contributed by atoms with Crippen LogP contribution < -0.4 is 11.3 Å². The van der Waals surface area contributed by atoms with Crippen LogP contribution in [0.3, 0.4) is 0 Å². The van der Waals surface area contributed by atoms with Gasteiger partial charge in [-0.25, -0.2) is 5.43 Å². The maximum atomic E-state index is 6.24. The van der Waals surface area contributed by atoms with Gasteiger partial charge in [-0.3, -0.25) is 5.84 Å². The van der Waals surface area contributed by atoms with Crippen molar-refractivity contribution in [1.29, 1.82) is 0 Å². The molecule has 1 aliphatic carbocycles. The summed E-state index contributed by atoms with van der Waals surface area (Å²) in [7, 11) is 0. The van der Waals surface area contributed by atoms with Crippen LogP contribution in [-0.4, -0.2) is 0 Å². The Labute approximate surface area is 128 Å². The highest BCUT2D eigenvalue weighted by molar-refractivity contribution is 7.12. The van der Waals surface area contributed by atoms with Crippen molar-refractivity contribution in [2.75, 3.05) is 0 Å². The van der Waals surface area contributed by atoms with E-state index in [1.54, 1.807) is 0 Å². The van der Waals surface area contributed by atoms with Crippen LogP contribution in [0.1, 0.15) is 45.3 Å². The van der Waals surface area contributed by atoms with E-state index in [0.29, 0.717) is 0 Å². The van der Waals surface area contributed by atoms with E-state index in [1.165, 1.54) is 41.0 Å². The molecule has 0 bridgehead atoms. The van der Waals surface area contributed by atoms with Crippen LogP contribution in [0.25, 0.3) is 0 Å². The fraction of sp³-hybridized carbons (Fsp3) is 0.375. The van der Waals surface area contributed by atoms with Crippen molar-refractivity contribution in [2.45, 2.75) is 38.6 Å². The lowest BCUT2D eigenvalue weighted by molar-refractivity contribution is 0.645. The van der Waals surface area contributed by atoms with E-state index in [2.05, 4.69) is 23.6 Å². The second kappa shape index (κ2) is 5.86. The predicted molar refractivity (Wildman–Crippen MR) is 86.3 cm³/mol. The molecule has 0 spiro atoms. The Bertz CT molecular complexity index is 597. The van der Waals surface area contributed by atoms with Crippen molar-refractivity contribution in [1.82, 2.24) is 5.43 Å². The third-order valence-electron chi connectivity index (χ3n) is 4.00. The Morgan fingerprint density at radius 2 is 2.05 bits per heavy atom. The fourth-order valence-electron chi connectivity index (χ4n) is 2.79. The van der Waals surface area contributed by atoms with E-state index in [9.17, 15) is 0 Å². The molecule has 1 aromatic heterocycles. The summed E-state index contributed by atoms with van der Waals surface area (Å²) in [5.74, 6) is 5.80. The minimum Gasteiger partial charge on any atom is -0.271 e. The van der Waals surface area contributed by atoms with Crippen molar-refractivity contribution in [3.05, 3.63) is 55.7 Å². The number of halogens is 1. The second-order valence-electron chi connectivity index (χ2n) is 5.41. The van der Waals surface area contributed by atoms with Gasteiger partial charge < -0.3 is 0 Å². The fourth-order valence-corrected chi connectivity index (χ4v) is 4.32. The summed E-state index contributed by atoms with van der Waals surface area (Å²) < 4.78 is 0. The number of benzene rings is 1. The van der Waals surface area contributed by atoms with Gasteiger partial charge in [-0.15, -0.1) is 11.3 Å². The molecule has 106 valence electrons. The van der Waals surface area contributed by atoms with Crippen LogP contribution in [0.2, 0.25) is 5.02 Å². The van der Waals surface area contributed by atoms with Gasteiger partial charge >= 0.3 is 0 Å². The molecule has 1 atom stereocenters. The van der Waals surface area contributed by atoms with E-state index < -0.39 is 0 Å². The molecule has 3 N–H and O–H groups in total. The molecule has 0 amide bonds. The van der Waals surface area contributed by atoms with Gasteiger partial charge in [-0.1, -0.05) is 23.7 Å². The highest BCUT2D eigenvalue weighted by Gasteiger charge is 2.20. The molecule has 0 radical (unpaired) electrons. The largest absolute Gasteiger partial charge is 0.271 e. The third kappa shape index (κ3) is 2.63. The molecule has 2 nitrogen and oxygen atoms in total. The summed E-state index contributed by atoms with van der Waals surface area (Å²) in [5, 5.41) is 0.795. The van der Waals surface area contributed by atoms with Gasteiger partial charge in [0.1, 0.15) is 0 Å². The van der Waals surface area contributed by atoms with Crippen LogP contribution in [0, 0.1) is 6.92 Å². The number of nitrogens with two attached hydrogens (primary N) is 1. The molecule has 1 aliphatic rings. The van der Waals surface area contributed by atoms with E-state index >= 15 is 0 Å². The highest BCUT2D eigenvalue weighted by atomic mass is 35.5. The number of aryl methyl sites for hydroxylation is 3. The number of fused-ring (bicyclic) bond motifs is 1. The van der Waals surface area contributed by atoms with Crippen LogP contribution in [0.5, 0.6) is 0 Å². The van der Waals surface area contributed by atoms with Gasteiger partial charge in [0.15, 0.2) is 0 Å². The quantitative estimate of drug-likeness (QED) is 0.660. The Morgan fingerprint density at radius 3 is 2.75 bits per heavy atom. The van der Waals surface area contributed by atoms with Crippen LogP contribution in [-0.2, 0) is 12.8 Å². The summed E-state index contributed by atoms with van der Waals surface area (Å²) in [6.45, 7) is 2.01. The summed E-state index contributed by atoms with van der Waals surface area (Å²) >= 11 is 8.13. The SMILES string of the molecule is Cc1ccc(C(NN)c2cc3c(s2)CCCC3)cc1Cl. The van der Waals surface area contributed by atoms with E-state index in [-0.39, 0.29) is 6.04 Å². The zero-order chi connectivity index (χ0) is 14.1. The molecular formula is C16H19ClN2S. The van der Waals surface area contributed by atoms with Crippen LogP contribution >= 0.6 is 22.9 Å². The number of nitrogens with one attached hydrogen (secondary N) is 1. The minimum atomic E-state index is 0.0312. The van der Waals surface area contributed by atoms with E-state index in [0.717, 1.165) is 16.1 Å². The molecular weight excluding hydrogens is 288 g/mol. The lowest BCUT2D eigenvalue weighted by atomic mass is 9.97. The van der Waals surface area contributed by atoms with Crippen molar-refractivity contribution in [3.63, 3.8) is 0 Å². The van der Waals surface area contributed by atoms with Crippen molar-refractivity contribution in [3.8, 4) is 0 Å². The molecule has 20 heavy (non-hydrogen) atoms. The zero-order valence-corrected chi connectivity index (χ0v) is 13.2. The Hall–Kier alpha value is -0.870. The van der Waals surface area contributed by atoms with E-state index in [1.807, 2.05) is 24.3 Å². The molecule has 3 rings (SSSR count). The molecule has 2 aromatic rings. The van der Waals surface area contributed by atoms with Gasteiger partial charge in [-0.05, 0) is 61.4 Å². The molecule has 0 aliphatic heterocycles. The highest BCUT2D eigenvalue weighted by Crippen LogP contribution is 2.35. The minimum absolute atomic E-state index is 0.0312. The first kappa shape index (κ1) is 14.1. The van der Waals surface area contributed by atoms with E-state index in [4.69, 9.17) is 17.4 Å².